The molecule has 0 spiro atoms. The molecular weight excluding hydrogens is 404 g/mol. The summed E-state index contributed by atoms with van der Waals surface area (Å²) in [6, 6.07) is 20.4. The van der Waals surface area contributed by atoms with Crippen LogP contribution in [0.1, 0.15) is 10.5 Å². The molecule has 0 saturated carbocycles. The smallest absolute Gasteiger partial charge is 0.276 e. The fourth-order valence-corrected chi connectivity index (χ4v) is 3.29. The number of hydrogen-bond acceptors (Lipinski definition) is 6. The fourth-order valence-electron chi connectivity index (χ4n) is 3.29. The van der Waals surface area contributed by atoms with Gasteiger partial charge in [-0.15, -0.1) is 0 Å². The number of para-hydroxylation sites is 1. The highest BCUT2D eigenvalue weighted by Crippen LogP contribution is 2.29. The minimum Gasteiger partial charge on any atom is -0.456 e. The molecule has 0 unspecified atom stereocenters. The number of nitrogens with one attached hydrogen (secondary N) is 2. The Morgan fingerprint density at radius 2 is 1.78 bits per heavy atom. The average Bonchev–Trinajstić information content (AvgIpc) is 3.25. The maximum absolute atomic E-state index is 12.8. The number of fused-ring (bicyclic) bond motifs is 1. The molecule has 4 N–H and O–H groups in total. The van der Waals surface area contributed by atoms with Crippen molar-refractivity contribution in [2.75, 3.05) is 11.1 Å². The second kappa shape index (κ2) is 8.19. The van der Waals surface area contributed by atoms with Crippen LogP contribution < -0.4 is 15.8 Å². The maximum Gasteiger partial charge on any atom is 0.276 e. The van der Waals surface area contributed by atoms with Gasteiger partial charge in [0.2, 0.25) is 0 Å². The first kappa shape index (κ1) is 19.3. The number of aromatic amines is 1. The Balaban J connectivity index is 1.44. The van der Waals surface area contributed by atoms with Crippen LogP contribution in [0, 0.1) is 0 Å². The third-order valence-electron chi connectivity index (χ3n) is 4.85. The van der Waals surface area contributed by atoms with Crippen LogP contribution in [0.2, 0.25) is 0 Å². The number of aromatic nitrogens is 4. The zero-order chi connectivity index (χ0) is 21.9. The number of rotatable bonds is 5. The number of benzene rings is 2. The molecule has 5 rings (SSSR count). The van der Waals surface area contributed by atoms with E-state index in [1.54, 1.807) is 24.5 Å². The van der Waals surface area contributed by atoms with Gasteiger partial charge < -0.3 is 15.8 Å². The van der Waals surface area contributed by atoms with E-state index in [9.17, 15) is 4.79 Å². The van der Waals surface area contributed by atoms with Gasteiger partial charge in [-0.05, 0) is 48.0 Å². The number of carbonyl (C=O) groups excluding carboxylic acids is 1. The highest BCUT2D eigenvalue weighted by atomic mass is 16.5. The predicted octanol–water partition coefficient (Wildman–Crippen LogP) is 4.65. The third-order valence-corrected chi connectivity index (χ3v) is 4.85. The number of nitrogens with zero attached hydrogens (tertiary/aromatic N) is 3. The van der Waals surface area contributed by atoms with Crippen LogP contribution in [0.25, 0.3) is 22.0 Å². The van der Waals surface area contributed by atoms with E-state index in [0.717, 1.165) is 22.4 Å². The summed E-state index contributed by atoms with van der Waals surface area (Å²) in [4.78, 5) is 21.1. The third kappa shape index (κ3) is 3.97. The SMILES string of the molecule is Nc1ccc(NC(=O)c2n[nH]c3ccc(-c4cncc(Oc5ccccc5)c4)cc23)cn1. The van der Waals surface area contributed by atoms with Gasteiger partial charge in [-0.3, -0.25) is 14.9 Å². The van der Waals surface area contributed by atoms with E-state index in [2.05, 4.69) is 25.5 Å². The van der Waals surface area contributed by atoms with Crippen molar-refractivity contribution in [2.45, 2.75) is 0 Å². The first-order chi connectivity index (χ1) is 15.7. The predicted molar refractivity (Wildman–Crippen MR) is 122 cm³/mol. The van der Waals surface area contributed by atoms with Crippen molar-refractivity contribution in [1.82, 2.24) is 20.2 Å². The van der Waals surface area contributed by atoms with Gasteiger partial charge in [-0.1, -0.05) is 24.3 Å². The molecular formula is C24H18N6O2. The van der Waals surface area contributed by atoms with Gasteiger partial charge in [0.25, 0.3) is 5.91 Å². The van der Waals surface area contributed by atoms with E-state index in [4.69, 9.17) is 10.5 Å². The Hall–Kier alpha value is -4.72. The summed E-state index contributed by atoms with van der Waals surface area (Å²) in [6.45, 7) is 0. The molecule has 8 heteroatoms. The van der Waals surface area contributed by atoms with Gasteiger partial charge in [0.15, 0.2) is 5.69 Å². The number of ether oxygens (including phenoxy) is 1. The second-order valence-electron chi connectivity index (χ2n) is 7.08. The largest absolute Gasteiger partial charge is 0.456 e. The molecule has 8 nitrogen and oxygen atoms in total. The number of amides is 1. The van der Waals surface area contributed by atoms with Crippen LogP contribution in [0.3, 0.4) is 0 Å². The van der Waals surface area contributed by atoms with E-state index >= 15 is 0 Å². The van der Waals surface area contributed by atoms with Crippen LogP contribution in [0.5, 0.6) is 11.5 Å². The molecule has 0 aliphatic heterocycles. The number of H-pyrrole nitrogens is 1. The number of pyridine rings is 2. The summed E-state index contributed by atoms with van der Waals surface area (Å²) in [7, 11) is 0. The van der Waals surface area contributed by atoms with Gasteiger partial charge in [-0.2, -0.15) is 5.10 Å². The monoisotopic (exact) mass is 422 g/mol. The lowest BCUT2D eigenvalue weighted by molar-refractivity contribution is 0.102. The topological polar surface area (TPSA) is 119 Å². The Morgan fingerprint density at radius 3 is 2.59 bits per heavy atom. The summed E-state index contributed by atoms with van der Waals surface area (Å²) < 4.78 is 5.89. The Labute approximate surface area is 183 Å². The Kier molecular flexibility index (Phi) is 4.93. The first-order valence-electron chi connectivity index (χ1n) is 9.85. The van der Waals surface area contributed by atoms with Crippen molar-refractivity contribution in [3.8, 4) is 22.6 Å². The van der Waals surface area contributed by atoms with Crippen molar-refractivity contribution in [1.29, 1.82) is 0 Å². The molecule has 2 aromatic carbocycles. The molecule has 0 atom stereocenters. The summed E-state index contributed by atoms with van der Waals surface area (Å²) in [5.41, 5.74) is 8.90. The summed E-state index contributed by atoms with van der Waals surface area (Å²) in [5.74, 6) is 1.38. The van der Waals surface area contributed by atoms with Crippen molar-refractivity contribution >= 4 is 28.3 Å². The highest BCUT2D eigenvalue weighted by molar-refractivity contribution is 6.11. The maximum atomic E-state index is 12.8. The highest BCUT2D eigenvalue weighted by Gasteiger charge is 2.16. The van der Waals surface area contributed by atoms with Gasteiger partial charge in [0, 0.05) is 17.1 Å². The van der Waals surface area contributed by atoms with E-state index in [-0.39, 0.29) is 11.6 Å². The lowest BCUT2D eigenvalue weighted by atomic mass is 10.0. The van der Waals surface area contributed by atoms with Gasteiger partial charge in [0.1, 0.15) is 17.3 Å². The summed E-state index contributed by atoms with van der Waals surface area (Å²) in [5, 5.41) is 10.6. The minimum absolute atomic E-state index is 0.281. The number of nitrogen functional groups attached to an aromatic ring is 1. The molecule has 0 saturated heterocycles. The van der Waals surface area contributed by atoms with Gasteiger partial charge in [-0.25, -0.2) is 4.98 Å². The average molecular weight is 422 g/mol. The first-order valence-corrected chi connectivity index (χ1v) is 9.85. The van der Waals surface area contributed by atoms with Crippen molar-refractivity contribution in [3.63, 3.8) is 0 Å². The molecule has 5 aromatic rings. The van der Waals surface area contributed by atoms with Crippen LogP contribution >= 0.6 is 0 Å². The molecule has 0 bridgehead atoms. The molecule has 32 heavy (non-hydrogen) atoms. The van der Waals surface area contributed by atoms with Crippen molar-refractivity contribution in [3.05, 3.63) is 91.0 Å². The zero-order valence-electron chi connectivity index (χ0n) is 16.8. The molecule has 3 aromatic heterocycles. The lowest BCUT2D eigenvalue weighted by Gasteiger charge is -2.08. The molecule has 0 aliphatic carbocycles. The standard InChI is InChI=1S/C24H18N6O2/c25-22-9-7-17(13-27-22)28-24(31)23-20-11-15(6-8-21(20)29-30-23)16-10-19(14-26-12-16)32-18-4-2-1-3-5-18/h1-14H,(H2,25,27)(H,28,31)(H,29,30). The van der Waals surface area contributed by atoms with Gasteiger partial charge in [0.05, 0.1) is 23.6 Å². The molecule has 1 amide bonds. The van der Waals surface area contributed by atoms with Crippen LogP contribution in [0.4, 0.5) is 11.5 Å². The van der Waals surface area contributed by atoms with E-state index in [1.165, 1.54) is 6.20 Å². The van der Waals surface area contributed by atoms with E-state index < -0.39 is 0 Å². The summed E-state index contributed by atoms with van der Waals surface area (Å²) in [6.07, 6.45) is 4.91. The normalized spacial score (nSPS) is 10.8. The minimum atomic E-state index is -0.348. The van der Waals surface area contributed by atoms with Crippen molar-refractivity contribution < 1.29 is 9.53 Å². The Bertz CT molecular complexity index is 1400. The number of anilines is 2. The van der Waals surface area contributed by atoms with Crippen LogP contribution in [-0.4, -0.2) is 26.1 Å². The lowest BCUT2D eigenvalue weighted by Crippen LogP contribution is -2.13. The van der Waals surface area contributed by atoms with Gasteiger partial charge >= 0.3 is 0 Å². The second-order valence-corrected chi connectivity index (χ2v) is 7.08. The molecule has 3 heterocycles. The molecule has 156 valence electrons. The quantitative estimate of drug-likeness (QED) is 0.379. The number of nitrogens with two attached hydrogens (primary N) is 1. The van der Waals surface area contributed by atoms with Crippen LogP contribution in [0.15, 0.2) is 85.3 Å². The van der Waals surface area contributed by atoms with Crippen LogP contribution in [-0.2, 0) is 0 Å². The molecule has 0 aliphatic rings. The number of carbonyl (C=O) groups is 1. The molecule has 0 fully saturated rings. The Morgan fingerprint density at radius 1 is 0.906 bits per heavy atom. The number of hydrogen-bond donors (Lipinski definition) is 3. The van der Waals surface area contributed by atoms with Crippen molar-refractivity contribution in [2.24, 2.45) is 0 Å². The fraction of sp³-hybridized carbons (Fsp3) is 0. The summed E-state index contributed by atoms with van der Waals surface area (Å²) >= 11 is 0. The molecule has 0 radical (unpaired) electrons. The van der Waals surface area contributed by atoms with E-state index in [0.29, 0.717) is 22.6 Å². The van der Waals surface area contributed by atoms with E-state index in [1.807, 2.05) is 54.6 Å². The zero-order valence-corrected chi connectivity index (χ0v) is 16.8.